The molecule has 0 saturated carbocycles. The molecule has 2 rings (SSSR count). The first kappa shape index (κ1) is 8.52. The molecule has 2 aromatic heterocycles. The molecule has 2 aromatic rings. The van der Waals surface area contributed by atoms with Gasteiger partial charge >= 0.3 is 0 Å². The highest BCUT2D eigenvalue weighted by Gasteiger charge is 2.11. The Labute approximate surface area is 84.0 Å². The summed E-state index contributed by atoms with van der Waals surface area (Å²) >= 11 is 7.27. The number of nitrogens with two attached hydrogens (primary N) is 1. The maximum Gasteiger partial charge on any atom is 0.180 e. The van der Waals surface area contributed by atoms with E-state index in [4.69, 9.17) is 17.3 Å². The normalized spacial score (nSPS) is 10.6. The van der Waals surface area contributed by atoms with Gasteiger partial charge in [0, 0.05) is 12.4 Å². The van der Waals surface area contributed by atoms with Crippen LogP contribution in [-0.4, -0.2) is 14.5 Å². The highest BCUT2D eigenvalue weighted by molar-refractivity contribution is 7.13. The molecule has 0 aromatic carbocycles. The highest BCUT2D eigenvalue weighted by atomic mass is 35.5. The lowest BCUT2D eigenvalue weighted by atomic mass is 10.4. The number of hydrogen-bond acceptors (Lipinski definition) is 4. The molecule has 0 fully saturated rings. The summed E-state index contributed by atoms with van der Waals surface area (Å²) in [5.41, 5.74) is 7.09. The van der Waals surface area contributed by atoms with E-state index in [-0.39, 0.29) is 0 Å². The van der Waals surface area contributed by atoms with Crippen molar-refractivity contribution in [2.75, 3.05) is 5.73 Å². The lowest BCUT2D eigenvalue weighted by Crippen LogP contribution is -1.90. The zero-order valence-corrected chi connectivity index (χ0v) is 8.43. The summed E-state index contributed by atoms with van der Waals surface area (Å²) in [6.45, 7) is 0. The number of imidazole rings is 1. The van der Waals surface area contributed by atoms with Crippen LogP contribution in [0.15, 0.2) is 11.7 Å². The number of thiazole rings is 1. The van der Waals surface area contributed by atoms with E-state index in [1.54, 1.807) is 6.33 Å². The number of hydrogen-bond donors (Lipinski definition) is 1. The number of rotatable bonds is 1. The van der Waals surface area contributed by atoms with Gasteiger partial charge in [0.15, 0.2) is 10.3 Å². The fourth-order valence-corrected chi connectivity index (χ4v) is 1.91. The second-order valence-electron chi connectivity index (χ2n) is 2.57. The maximum absolute atomic E-state index is 5.88. The molecule has 0 radical (unpaired) electrons. The zero-order chi connectivity index (χ0) is 9.42. The Bertz CT molecular complexity index is 414. The first-order chi connectivity index (χ1) is 6.18. The van der Waals surface area contributed by atoms with Crippen LogP contribution in [-0.2, 0) is 7.05 Å². The van der Waals surface area contributed by atoms with Gasteiger partial charge in [-0.3, -0.25) is 0 Å². The first-order valence-electron chi connectivity index (χ1n) is 3.56. The molecule has 6 heteroatoms. The average molecular weight is 215 g/mol. The largest absolute Gasteiger partial charge is 0.375 e. The van der Waals surface area contributed by atoms with Crippen molar-refractivity contribution >= 4 is 28.1 Å². The number of anilines is 1. The predicted molar refractivity (Wildman–Crippen MR) is 53.7 cm³/mol. The van der Waals surface area contributed by atoms with E-state index in [1.807, 2.05) is 17.0 Å². The van der Waals surface area contributed by atoms with Gasteiger partial charge < -0.3 is 10.3 Å². The fraction of sp³-hybridized carbons (Fsp3) is 0.143. The van der Waals surface area contributed by atoms with E-state index < -0.39 is 0 Å². The Balaban J connectivity index is 2.57. The van der Waals surface area contributed by atoms with E-state index in [9.17, 15) is 0 Å². The van der Waals surface area contributed by atoms with Gasteiger partial charge in [0.25, 0.3) is 0 Å². The number of aryl methyl sites for hydroxylation is 1. The van der Waals surface area contributed by atoms with Crippen LogP contribution in [0.1, 0.15) is 0 Å². The van der Waals surface area contributed by atoms with Crippen molar-refractivity contribution in [3.8, 4) is 11.4 Å². The van der Waals surface area contributed by atoms with Gasteiger partial charge in [-0.2, -0.15) is 0 Å². The third-order valence-electron chi connectivity index (χ3n) is 1.66. The fourth-order valence-electron chi connectivity index (χ4n) is 1.08. The van der Waals surface area contributed by atoms with E-state index in [1.165, 1.54) is 11.3 Å². The van der Waals surface area contributed by atoms with Gasteiger partial charge in [0.1, 0.15) is 11.4 Å². The quantitative estimate of drug-likeness (QED) is 0.787. The molecule has 0 spiro atoms. The number of halogens is 1. The molecule has 0 atom stereocenters. The SMILES string of the molecule is Cn1cnc(Cl)c1-c1csc(N)n1. The smallest absolute Gasteiger partial charge is 0.180 e. The standard InChI is InChI=1S/C7H7ClN4S/c1-12-3-10-6(8)5(12)4-2-13-7(9)11-4/h2-3H,1H3,(H2,9,11). The molecule has 2 heterocycles. The topological polar surface area (TPSA) is 56.7 Å². The minimum absolute atomic E-state index is 0.452. The van der Waals surface area contributed by atoms with Crippen molar-refractivity contribution in [1.82, 2.24) is 14.5 Å². The minimum Gasteiger partial charge on any atom is -0.375 e. The Morgan fingerprint density at radius 3 is 2.85 bits per heavy atom. The van der Waals surface area contributed by atoms with Crippen LogP contribution in [0.25, 0.3) is 11.4 Å². The molecule has 0 amide bonds. The predicted octanol–water partition coefficient (Wildman–Crippen LogP) is 1.78. The molecular weight excluding hydrogens is 208 g/mol. The second-order valence-corrected chi connectivity index (χ2v) is 3.81. The zero-order valence-electron chi connectivity index (χ0n) is 6.86. The number of nitrogens with zero attached hydrogens (tertiary/aromatic N) is 3. The van der Waals surface area contributed by atoms with Gasteiger partial charge in [-0.1, -0.05) is 11.6 Å². The van der Waals surface area contributed by atoms with Crippen molar-refractivity contribution in [2.45, 2.75) is 0 Å². The summed E-state index contributed by atoms with van der Waals surface area (Å²) in [5, 5.41) is 2.85. The molecule has 68 valence electrons. The van der Waals surface area contributed by atoms with Crippen molar-refractivity contribution in [1.29, 1.82) is 0 Å². The van der Waals surface area contributed by atoms with Gasteiger partial charge in [0.05, 0.1) is 6.33 Å². The van der Waals surface area contributed by atoms with Crippen molar-refractivity contribution in [3.05, 3.63) is 16.9 Å². The highest BCUT2D eigenvalue weighted by Crippen LogP contribution is 2.27. The number of aromatic nitrogens is 3. The molecular formula is C7H7ClN4S. The molecule has 4 nitrogen and oxygen atoms in total. The molecule has 13 heavy (non-hydrogen) atoms. The van der Waals surface area contributed by atoms with E-state index in [2.05, 4.69) is 9.97 Å². The van der Waals surface area contributed by atoms with E-state index in [0.29, 0.717) is 10.3 Å². The third-order valence-corrected chi connectivity index (χ3v) is 2.61. The van der Waals surface area contributed by atoms with Gasteiger partial charge in [-0.25, -0.2) is 9.97 Å². The summed E-state index contributed by atoms with van der Waals surface area (Å²) in [4.78, 5) is 8.08. The Kier molecular flexibility index (Phi) is 1.97. The number of nitrogen functional groups attached to an aromatic ring is 1. The average Bonchev–Trinajstić information content (AvgIpc) is 2.60. The van der Waals surface area contributed by atoms with Crippen LogP contribution in [0.4, 0.5) is 5.13 Å². The Morgan fingerprint density at radius 1 is 1.62 bits per heavy atom. The van der Waals surface area contributed by atoms with Gasteiger partial charge in [-0.05, 0) is 0 Å². The second kappa shape index (κ2) is 3.01. The first-order valence-corrected chi connectivity index (χ1v) is 4.82. The van der Waals surface area contributed by atoms with Crippen LogP contribution >= 0.6 is 22.9 Å². The van der Waals surface area contributed by atoms with Crippen molar-refractivity contribution < 1.29 is 0 Å². The van der Waals surface area contributed by atoms with Gasteiger partial charge in [0.2, 0.25) is 0 Å². The molecule has 0 aliphatic carbocycles. The summed E-state index contributed by atoms with van der Waals surface area (Å²) in [7, 11) is 1.86. The maximum atomic E-state index is 5.88. The molecule has 0 aliphatic rings. The summed E-state index contributed by atoms with van der Waals surface area (Å²) in [5.74, 6) is 0. The summed E-state index contributed by atoms with van der Waals surface area (Å²) in [6, 6.07) is 0. The van der Waals surface area contributed by atoms with Crippen molar-refractivity contribution in [2.24, 2.45) is 7.05 Å². The van der Waals surface area contributed by atoms with E-state index >= 15 is 0 Å². The van der Waals surface area contributed by atoms with Crippen molar-refractivity contribution in [3.63, 3.8) is 0 Å². The molecule has 0 unspecified atom stereocenters. The summed E-state index contributed by atoms with van der Waals surface area (Å²) < 4.78 is 1.82. The minimum atomic E-state index is 0.452. The monoisotopic (exact) mass is 214 g/mol. The molecule has 0 saturated heterocycles. The third kappa shape index (κ3) is 1.40. The lowest BCUT2D eigenvalue weighted by molar-refractivity contribution is 0.918. The van der Waals surface area contributed by atoms with E-state index in [0.717, 1.165) is 11.4 Å². The molecule has 0 aliphatic heterocycles. The van der Waals surface area contributed by atoms with Crippen LogP contribution in [0.2, 0.25) is 5.15 Å². The van der Waals surface area contributed by atoms with Crippen LogP contribution in [0.3, 0.4) is 0 Å². The van der Waals surface area contributed by atoms with Crippen LogP contribution in [0.5, 0.6) is 0 Å². The lowest BCUT2D eigenvalue weighted by Gasteiger charge is -1.96. The summed E-state index contributed by atoms with van der Waals surface area (Å²) in [6.07, 6.45) is 1.65. The Morgan fingerprint density at radius 2 is 2.38 bits per heavy atom. The Hall–Kier alpha value is -1.07. The van der Waals surface area contributed by atoms with Crippen LogP contribution in [0, 0.1) is 0 Å². The molecule has 0 bridgehead atoms. The van der Waals surface area contributed by atoms with Crippen LogP contribution < -0.4 is 5.73 Å². The molecule has 2 N–H and O–H groups in total. The van der Waals surface area contributed by atoms with Gasteiger partial charge in [-0.15, -0.1) is 11.3 Å².